The maximum absolute atomic E-state index is 13.1. The fraction of sp³-hybridized carbons (Fsp3) is 0.227. The minimum Gasteiger partial charge on any atom is -0.319 e. The van der Waals surface area contributed by atoms with Gasteiger partial charge < -0.3 is 5.32 Å². The van der Waals surface area contributed by atoms with Gasteiger partial charge in [-0.1, -0.05) is 6.07 Å². The Labute approximate surface area is 193 Å². The third kappa shape index (κ3) is 4.87. The number of nitrogens with zero attached hydrogens (tertiary/aromatic N) is 2. The summed E-state index contributed by atoms with van der Waals surface area (Å²) in [5.74, 6) is -2.05. The average Bonchev–Trinajstić information content (AvgIpc) is 3.03. The van der Waals surface area contributed by atoms with Crippen LogP contribution in [0.4, 0.5) is 18.9 Å². The summed E-state index contributed by atoms with van der Waals surface area (Å²) in [6.07, 6.45) is -4.56. The third-order valence-corrected chi connectivity index (χ3v) is 6.25. The van der Waals surface area contributed by atoms with E-state index in [9.17, 15) is 31.2 Å². The van der Waals surface area contributed by atoms with Crippen LogP contribution < -0.4 is 10.5 Å². The molecule has 0 radical (unpaired) electrons. The number of nitrogens with one attached hydrogen (secondary N) is 1. The van der Waals surface area contributed by atoms with Gasteiger partial charge in [0.1, 0.15) is 0 Å². The number of amides is 1. The number of carbonyl (C=O) groups is 2. The van der Waals surface area contributed by atoms with Crippen molar-refractivity contribution in [3.63, 3.8) is 0 Å². The molecule has 3 aromatic rings. The van der Waals surface area contributed by atoms with E-state index < -0.39 is 33.5 Å². The van der Waals surface area contributed by atoms with Gasteiger partial charge in [-0.25, -0.2) is 18.2 Å². The third-order valence-electron chi connectivity index (χ3n) is 5.36. The first-order valence-corrected chi connectivity index (χ1v) is 11.4. The van der Waals surface area contributed by atoms with Crippen LogP contribution in [-0.4, -0.2) is 29.9 Å². The van der Waals surface area contributed by atoms with Crippen LogP contribution in [-0.2, 0) is 21.0 Å². The number of anilines is 1. The predicted octanol–water partition coefficient (Wildman–Crippen LogP) is 3.59. The number of Topliss-reactive ketones (excluding diaryl/α,β-unsaturated/α-hetero) is 1. The molecule has 0 aliphatic carbocycles. The molecule has 2 aromatic carbocycles. The molecule has 1 heterocycles. The molecule has 3 N–H and O–H groups in total. The molecule has 12 heteroatoms. The minimum absolute atomic E-state index is 0.0715. The number of nitrogens with two attached hydrogens (primary N) is 1. The van der Waals surface area contributed by atoms with E-state index >= 15 is 0 Å². The molecule has 0 bridgehead atoms. The second kappa shape index (κ2) is 8.69. The normalized spacial score (nSPS) is 12.0. The first-order valence-electron chi connectivity index (χ1n) is 9.85. The highest BCUT2D eigenvalue weighted by Crippen LogP contribution is 2.31. The Morgan fingerprint density at radius 2 is 1.71 bits per heavy atom. The number of ketones is 1. The van der Waals surface area contributed by atoms with Crippen molar-refractivity contribution >= 4 is 27.4 Å². The van der Waals surface area contributed by atoms with Crippen LogP contribution in [0, 0.1) is 27.7 Å². The van der Waals surface area contributed by atoms with Crippen LogP contribution in [0.1, 0.15) is 38.4 Å². The molecule has 0 aliphatic rings. The number of benzene rings is 2. The van der Waals surface area contributed by atoms with Crippen LogP contribution in [0.15, 0.2) is 41.3 Å². The second-order valence-electron chi connectivity index (χ2n) is 7.75. The molecule has 3 rings (SSSR count). The highest BCUT2D eigenvalue weighted by molar-refractivity contribution is 7.89. The maximum Gasteiger partial charge on any atom is 0.416 e. The molecule has 0 unspecified atom stereocenters. The molecule has 1 aromatic heterocycles. The van der Waals surface area contributed by atoms with E-state index in [0.717, 1.165) is 22.9 Å². The zero-order chi connectivity index (χ0) is 25.6. The molecule has 0 aliphatic heterocycles. The van der Waals surface area contributed by atoms with Crippen LogP contribution in [0.25, 0.3) is 5.69 Å². The topological polar surface area (TPSA) is 124 Å². The summed E-state index contributed by atoms with van der Waals surface area (Å²) in [5, 5.41) is 11.7. The number of carbonyl (C=O) groups excluding carboxylic acids is 2. The lowest BCUT2D eigenvalue weighted by Gasteiger charge is -2.12. The van der Waals surface area contributed by atoms with Crippen molar-refractivity contribution in [1.82, 2.24) is 9.78 Å². The van der Waals surface area contributed by atoms with Gasteiger partial charge >= 0.3 is 6.18 Å². The van der Waals surface area contributed by atoms with E-state index in [-0.39, 0.29) is 33.2 Å². The number of aryl methyl sites for hydroxylation is 2. The van der Waals surface area contributed by atoms with Crippen LogP contribution in [0.2, 0.25) is 0 Å². The number of sulfonamides is 1. The van der Waals surface area contributed by atoms with Crippen LogP contribution in [0.5, 0.6) is 0 Å². The highest BCUT2D eigenvalue weighted by Gasteiger charge is 2.31. The molecule has 0 saturated heterocycles. The number of alkyl halides is 3. The SMILES string of the molecule is Cc1cc(S(N)(=O)=O)cc(NC(=O)C(=O)c2c(C)nn(-c3cccc(C(F)(F)F)c3)c2C)c1C. The number of aromatic nitrogens is 2. The molecular weight excluding hydrogens is 473 g/mol. The lowest BCUT2D eigenvalue weighted by atomic mass is 10.1. The number of rotatable bonds is 5. The molecule has 0 spiro atoms. The van der Waals surface area contributed by atoms with Gasteiger partial charge in [0.05, 0.1) is 33.1 Å². The Morgan fingerprint density at radius 1 is 1.06 bits per heavy atom. The second-order valence-corrected chi connectivity index (χ2v) is 9.31. The zero-order valence-corrected chi connectivity index (χ0v) is 19.4. The molecule has 0 atom stereocenters. The van der Waals surface area contributed by atoms with Crippen LogP contribution >= 0.6 is 0 Å². The van der Waals surface area contributed by atoms with Crippen molar-refractivity contribution in [3.8, 4) is 5.69 Å². The zero-order valence-electron chi connectivity index (χ0n) is 18.6. The van der Waals surface area contributed by atoms with E-state index in [1.54, 1.807) is 13.8 Å². The number of hydrogen-bond acceptors (Lipinski definition) is 5. The molecule has 0 fully saturated rings. The van der Waals surface area contributed by atoms with Crippen molar-refractivity contribution < 1.29 is 31.2 Å². The first kappa shape index (κ1) is 25.1. The Balaban J connectivity index is 1.98. The van der Waals surface area contributed by atoms with Gasteiger partial charge in [-0.15, -0.1) is 0 Å². The fourth-order valence-electron chi connectivity index (χ4n) is 3.45. The van der Waals surface area contributed by atoms with Crippen molar-refractivity contribution in [1.29, 1.82) is 0 Å². The van der Waals surface area contributed by atoms with E-state index in [1.807, 2.05) is 0 Å². The molecule has 0 saturated carbocycles. The summed E-state index contributed by atoms with van der Waals surface area (Å²) in [6, 6.07) is 6.90. The van der Waals surface area contributed by atoms with Gasteiger partial charge in [0.15, 0.2) is 0 Å². The summed E-state index contributed by atoms with van der Waals surface area (Å²) < 4.78 is 63.9. The number of halogens is 3. The summed E-state index contributed by atoms with van der Waals surface area (Å²) in [5.41, 5.74) is 0.561. The Hall–Kier alpha value is -3.51. The van der Waals surface area contributed by atoms with E-state index in [1.165, 1.54) is 32.0 Å². The molecular formula is C22H21F3N4O4S. The van der Waals surface area contributed by atoms with Gasteiger partial charge in [0.2, 0.25) is 10.0 Å². The monoisotopic (exact) mass is 494 g/mol. The first-order chi connectivity index (χ1) is 15.6. The summed E-state index contributed by atoms with van der Waals surface area (Å²) in [7, 11) is -4.06. The standard InChI is InChI=1S/C22H21F3N4O4S/c1-11-8-17(34(26,32)33)10-18(12(11)2)27-21(31)20(30)19-13(3)28-29(14(19)4)16-7-5-6-15(9-16)22(23,24)25/h5-10H,1-4H3,(H,27,31)(H2,26,32,33). The quantitative estimate of drug-likeness (QED) is 0.414. The van der Waals surface area contributed by atoms with Crippen LogP contribution in [0.3, 0.4) is 0 Å². The lowest BCUT2D eigenvalue weighted by molar-refractivity contribution is -0.137. The van der Waals surface area contributed by atoms with E-state index in [2.05, 4.69) is 10.4 Å². The Morgan fingerprint density at radius 3 is 2.29 bits per heavy atom. The lowest BCUT2D eigenvalue weighted by Crippen LogP contribution is -2.25. The smallest absolute Gasteiger partial charge is 0.319 e. The van der Waals surface area contributed by atoms with Crippen molar-refractivity contribution in [2.75, 3.05) is 5.32 Å². The summed E-state index contributed by atoms with van der Waals surface area (Å²) in [6.45, 7) is 6.16. The van der Waals surface area contributed by atoms with E-state index in [0.29, 0.717) is 11.1 Å². The fourth-order valence-corrected chi connectivity index (χ4v) is 4.07. The van der Waals surface area contributed by atoms with Gasteiger partial charge in [-0.3, -0.25) is 9.59 Å². The largest absolute Gasteiger partial charge is 0.416 e. The van der Waals surface area contributed by atoms with E-state index in [4.69, 9.17) is 5.14 Å². The van der Waals surface area contributed by atoms with Gasteiger partial charge in [0, 0.05) is 5.69 Å². The maximum atomic E-state index is 13.1. The van der Waals surface area contributed by atoms with Gasteiger partial charge in [-0.2, -0.15) is 18.3 Å². The van der Waals surface area contributed by atoms with Gasteiger partial charge in [-0.05, 0) is 69.2 Å². The number of hydrogen-bond donors (Lipinski definition) is 2. The molecule has 1 amide bonds. The minimum atomic E-state index is -4.56. The summed E-state index contributed by atoms with van der Waals surface area (Å²) >= 11 is 0. The average molecular weight is 494 g/mol. The summed E-state index contributed by atoms with van der Waals surface area (Å²) in [4.78, 5) is 25.5. The Kier molecular flexibility index (Phi) is 6.42. The predicted molar refractivity (Wildman–Crippen MR) is 118 cm³/mol. The number of primary sulfonamides is 1. The van der Waals surface area contributed by atoms with Crippen molar-refractivity contribution in [3.05, 3.63) is 70.0 Å². The molecule has 34 heavy (non-hydrogen) atoms. The highest BCUT2D eigenvalue weighted by atomic mass is 32.2. The molecule has 180 valence electrons. The van der Waals surface area contributed by atoms with Crippen molar-refractivity contribution in [2.24, 2.45) is 5.14 Å². The van der Waals surface area contributed by atoms with Crippen molar-refractivity contribution in [2.45, 2.75) is 38.8 Å². The van der Waals surface area contributed by atoms with Gasteiger partial charge in [0.25, 0.3) is 11.7 Å². The molecule has 8 nitrogen and oxygen atoms in total. The Bertz CT molecular complexity index is 1430.